The van der Waals surface area contributed by atoms with Crippen LogP contribution in [-0.4, -0.2) is 55.0 Å². The van der Waals surface area contributed by atoms with Gasteiger partial charge in [0.25, 0.3) is 5.91 Å². The first-order valence-electron chi connectivity index (χ1n) is 10.2. The Balaban J connectivity index is 2.07. The Bertz CT molecular complexity index is 1060. The highest BCUT2D eigenvalue weighted by Crippen LogP contribution is 2.36. The molecule has 0 unspecified atom stereocenters. The quantitative estimate of drug-likeness (QED) is 0.442. The topological polar surface area (TPSA) is 62.7 Å². The number of aryl methyl sites for hydroxylation is 1. The third-order valence-corrected chi connectivity index (χ3v) is 6.80. The van der Waals surface area contributed by atoms with E-state index in [1.54, 1.807) is 29.2 Å². The normalized spacial score (nSPS) is 11.2. The highest BCUT2D eigenvalue weighted by molar-refractivity contribution is 7.23. The second kappa shape index (κ2) is 10.2. The van der Waals surface area contributed by atoms with Crippen molar-refractivity contribution in [2.45, 2.75) is 20.8 Å². The van der Waals surface area contributed by atoms with Crippen LogP contribution in [0.25, 0.3) is 10.2 Å². The van der Waals surface area contributed by atoms with Crippen LogP contribution >= 0.6 is 22.9 Å². The predicted molar refractivity (Wildman–Crippen MR) is 127 cm³/mol. The molecule has 1 aromatic heterocycles. The summed E-state index contributed by atoms with van der Waals surface area (Å²) in [6.07, 6.45) is 0. The Labute approximate surface area is 191 Å². The predicted octanol–water partition coefficient (Wildman–Crippen LogP) is 5.03. The maximum Gasteiger partial charge on any atom is 0.338 e. The van der Waals surface area contributed by atoms with Crippen LogP contribution in [0.15, 0.2) is 36.4 Å². The van der Waals surface area contributed by atoms with E-state index in [-0.39, 0.29) is 17.0 Å². The Morgan fingerprint density at radius 1 is 1.06 bits per heavy atom. The van der Waals surface area contributed by atoms with Crippen LogP contribution in [0.5, 0.6) is 0 Å². The number of aromatic nitrogens is 1. The Morgan fingerprint density at radius 2 is 1.74 bits per heavy atom. The minimum atomic E-state index is -0.546. The first-order chi connectivity index (χ1) is 14.9. The zero-order valence-electron chi connectivity index (χ0n) is 18.1. The summed E-state index contributed by atoms with van der Waals surface area (Å²) in [5, 5.41) is 1.17. The molecule has 0 radical (unpaired) electrons. The summed E-state index contributed by atoms with van der Waals surface area (Å²) in [6.45, 7) is 9.02. The molecule has 0 saturated carbocycles. The number of fused-ring (bicyclic) bond motifs is 1. The first kappa shape index (κ1) is 23.2. The molecule has 3 aromatic rings. The number of halogens is 1. The maximum absolute atomic E-state index is 13.7. The SMILES string of the molecule is CCN(CC)CCN(C(=O)c1ccccc1C(=O)OC)c1nc2c(C)ccc(Cl)c2s1. The van der Waals surface area contributed by atoms with Crippen molar-refractivity contribution in [3.05, 3.63) is 58.1 Å². The number of amides is 1. The van der Waals surface area contributed by atoms with E-state index in [9.17, 15) is 9.59 Å². The van der Waals surface area contributed by atoms with Gasteiger partial charge in [-0.3, -0.25) is 9.69 Å². The molecule has 8 heteroatoms. The fraction of sp³-hybridized carbons (Fsp3) is 0.348. The minimum Gasteiger partial charge on any atom is -0.465 e. The van der Waals surface area contributed by atoms with Crippen molar-refractivity contribution >= 4 is 50.2 Å². The number of carbonyl (C=O) groups is 2. The van der Waals surface area contributed by atoms with Gasteiger partial charge in [0.05, 0.1) is 33.5 Å². The fourth-order valence-electron chi connectivity index (χ4n) is 3.37. The van der Waals surface area contributed by atoms with Crippen LogP contribution in [0.3, 0.4) is 0 Å². The molecule has 0 atom stereocenters. The molecule has 1 heterocycles. The lowest BCUT2D eigenvalue weighted by atomic mass is 10.1. The molecule has 0 saturated heterocycles. The summed E-state index contributed by atoms with van der Waals surface area (Å²) in [4.78, 5) is 34.5. The molecule has 164 valence electrons. The zero-order valence-corrected chi connectivity index (χ0v) is 19.7. The summed E-state index contributed by atoms with van der Waals surface area (Å²) in [5.74, 6) is -0.836. The van der Waals surface area contributed by atoms with Crippen molar-refractivity contribution in [3.8, 4) is 0 Å². The van der Waals surface area contributed by atoms with E-state index in [1.165, 1.54) is 18.4 Å². The third kappa shape index (κ3) is 4.89. The van der Waals surface area contributed by atoms with E-state index in [2.05, 4.69) is 18.7 Å². The number of ether oxygens (including phenoxy) is 1. The van der Waals surface area contributed by atoms with E-state index in [0.29, 0.717) is 23.2 Å². The van der Waals surface area contributed by atoms with Gasteiger partial charge < -0.3 is 9.64 Å². The van der Waals surface area contributed by atoms with Gasteiger partial charge in [0, 0.05) is 13.1 Å². The van der Waals surface area contributed by atoms with Crippen molar-refractivity contribution in [3.63, 3.8) is 0 Å². The van der Waals surface area contributed by atoms with Crippen LogP contribution < -0.4 is 4.90 Å². The van der Waals surface area contributed by atoms with E-state index < -0.39 is 5.97 Å². The third-order valence-electron chi connectivity index (χ3n) is 5.26. The molecule has 2 aromatic carbocycles. The fourth-order valence-corrected chi connectivity index (χ4v) is 4.72. The second-order valence-corrected chi connectivity index (χ2v) is 8.44. The maximum atomic E-state index is 13.7. The number of methoxy groups -OCH3 is 1. The lowest BCUT2D eigenvalue weighted by Gasteiger charge is -2.25. The Hall–Kier alpha value is -2.48. The molecule has 6 nitrogen and oxygen atoms in total. The largest absolute Gasteiger partial charge is 0.465 e. The molecule has 0 aliphatic heterocycles. The molecule has 0 N–H and O–H groups in total. The first-order valence-corrected chi connectivity index (χ1v) is 11.4. The van der Waals surface area contributed by atoms with Gasteiger partial charge >= 0.3 is 5.97 Å². The Morgan fingerprint density at radius 3 is 2.35 bits per heavy atom. The van der Waals surface area contributed by atoms with Crippen LogP contribution in [0.1, 0.15) is 40.1 Å². The summed E-state index contributed by atoms with van der Waals surface area (Å²) in [7, 11) is 1.31. The molecule has 0 aliphatic rings. The minimum absolute atomic E-state index is 0.234. The van der Waals surface area contributed by atoms with E-state index >= 15 is 0 Å². The van der Waals surface area contributed by atoms with Crippen molar-refractivity contribution < 1.29 is 14.3 Å². The van der Waals surface area contributed by atoms with Crippen LogP contribution in [0.2, 0.25) is 5.02 Å². The van der Waals surface area contributed by atoms with Gasteiger partial charge in [0.15, 0.2) is 5.13 Å². The summed E-state index contributed by atoms with van der Waals surface area (Å²) < 4.78 is 5.72. The van der Waals surface area contributed by atoms with Gasteiger partial charge in [-0.25, -0.2) is 9.78 Å². The van der Waals surface area contributed by atoms with E-state index in [0.717, 1.165) is 28.9 Å². The van der Waals surface area contributed by atoms with Gasteiger partial charge in [0.1, 0.15) is 0 Å². The van der Waals surface area contributed by atoms with Crippen LogP contribution in [-0.2, 0) is 4.74 Å². The van der Waals surface area contributed by atoms with Crippen molar-refractivity contribution in [2.24, 2.45) is 0 Å². The second-order valence-electron chi connectivity index (χ2n) is 7.06. The molecule has 0 spiro atoms. The molecular formula is C23H26ClN3O3S. The molecular weight excluding hydrogens is 434 g/mol. The van der Waals surface area contributed by atoms with Crippen molar-refractivity contribution in [2.75, 3.05) is 38.2 Å². The van der Waals surface area contributed by atoms with E-state index in [1.807, 2.05) is 19.1 Å². The van der Waals surface area contributed by atoms with Crippen molar-refractivity contribution in [1.29, 1.82) is 0 Å². The van der Waals surface area contributed by atoms with Crippen molar-refractivity contribution in [1.82, 2.24) is 9.88 Å². The van der Waals surface area contributed by atoms with Gasteiger partial charge in [-0.05, 0) is 43.8 Å². The number of likely N-dealkylation sites (N-methyl/N-ethyl adjacent to an activating group) is 1. The number of nitrogens with zero attached hydrogens (tertiary/aromatic N) is 3. The summed E-state index contributed by atoms with van der Waals surface area (Å²) in [6, 6.07) is 10.5. The average Bonchev–Trinajstić information content (AvgIpc) is 3.25. The lowest BCUT2D eigenvalue weighted by molar-refractivity contribution is 0.0597. The highest BCUT2D eigenvalue weighted by atomic mass is 35.5. The zero-order chi connectivity index (χ0) is 22.5. The number of benzene rings is 2. The standard InChI is InChI=1S/C23H26ClN3O3S/c1-5-26(6-2)13-14-27(21(28)16-9-7-8-10-17(16)22(29)30-4)23-25-19-15(3)11-12-18(24)20(19)31-23/h7-12H,5-6,13-14H2,1-4H3. The van der Waals surface area contributed by atoms with Gasteiger partial charge in [-0.15, -0.1) is 0 Å². The molecule has 0 bridgehead atoms. The van der Waals surface area contributed by atoms with Crippen LogP contribution in [0, 0.1) is 6.92 Å². The number of hydrogen-bond donors (Lipinski definition) is 0. The monoisotopic (exact) mass is 459 g/mol. The van der Waals surface area contributed by atoms with Gasteiger partial charge in [-0.2, -0.15) is 0 Å². The van der Waals surface area contributed by atoms with Gasteiger partial charge in [0.2, 0.25) is 0 Å². The molecule has 3 rings (SSSR count). The number of anilines is 1. The van der Waals surface area contributed by atoms with Gasteiger partial charge in [-0.1, -0.05) is 55.0 Å². The van der Waals surface area contributed by atoms with Crippen LogP contribution in [0.4, 0.5) is 5.13 Å². The number of hydrogen-bond acceptors (Lipinski definition) is 6. The summed E-state index contributed by atoms with van der Waals surface area (Å²) >= 11 is 7.78. The molecule has 31 heavy (non-hydrogen) atoms. The Kier molecular flexibility index (Phi) is 7.64. The number of esters is 1. The van der Waals surface area contributed by atoms with E-state index in [4.69, 9.17) is 21.3 Å². The summed E-state index contributed by atoms with van der Waals surface area (Å²) in [5.41, 5.74) is 2.30. The smallest absolute Gasteiger partial charge is 0.338 e. The number of rotatable bonds is 8. The number of thiazole rings is 1. The highest BCUT2D eigenvalue weighted by Gasteiger charge is 2.26. The number of carbonyl (C=O) groups excluding carboxylic acids is 2. The molecule has 0 fully saturated rings. The molecule has 0 aliphatic carbocycles. The lowest BCUT2D eigenvalue weighted by Crippen LogP contribution is -2.39. The average molecular weight is 460 g/mol. The molecule has 1 amide bonds.